The van der Waals surface area contributed by atoms with E-state index in [1.807, 2.05) is 35.4 Å². The highest BCUT2D eigenvalue weighted by atomic mass is 35.5. The molecule has 3 rings (SSSR count). The normalized spacial score (nSPS) is 17.7. The van der Waals surface area contributed by atoms with Gasteiger partial charge in [-0.2, -0.15) is 0 Å². The molecule has 1 atom stereocenters. The van der Waals surface area contributed by atoms with E-state index in [1.54, 1.807) is 6.20 Å². The summed E-state index contributed by atoms with van der Waals surface area (Å²) in [6.45, 7) is 8.83. The maximum Gasteiger partial charge on any atom is 0.254 e. The van der Waals surface area contributed by atoms with Crippen LogP contribution in [0.3, 0.4) is 0 Å². The van der Waals surface area contributed by atoms with Crippen LogP contribution in [0.25, 0.3) is 0 Å². The molecule has 25 heavy (non-hydrogen) atoms. The lowest BCUT2D eigenvalue weighted by atomic mass is 9.86. The van der Waals surface area contributed by atoms with E-state index in [2.05, 4.69) is 43.2 Å². The van der Waals surface area contributed by atoms with E-state index in [9.17, 15) is 4.79 Å². The number of amides is 1. The smallest absolute Gasteiger partial charge is 0.254 e. The number of carbonyl (C=O) groups excluding carboxylic acids is 1. The lowest BCUT2D eigenvalue weighted by Crippen LogP contribution is -2.48. The van der Waals surface area contributed by atoms with Gasteiger partial charge in [-0.1, -0.05) is 39.0 Å². The molecule has 1 fully saturated rings. The van der Waals surface area contributed by atoms with Crippen molar-refractivity contribution in [2.75, 3.05) is 19.6 Å². The van der Waals surface area contributed by atoms with Crippen LogP contribution >= 0.6 is 12.4 Å². The fourth-order valence-electron chi connectivity index (χ4n) is 3.10. The SMILES string of the molecule is CC(C)(C)c1ccc(C(=O)N2CCNCC2c2cccnc2)cc1.Cl. The Kier molecular flexibility index (Phi) is 6.20. The summed E-state index contributed by atoms with van der Waals surface area (Å²) in [5, 5.41) is 3.38. The van der Waals surface area contributed by atoms with Gasteiger partial charge in [-0.15, -0.1) is 12.4 Å². The lowest BCUT2D eigenvalue weighted by Gasteiger charge is -2.36. The Labute approximate surface area is 156 Å². The van der Waals surface area contributed by atoms with Crippen LogP contribution in [0.5, 0.6) is 0 Å². The topological polar surface area (TPSA) is 45.2 Å². The third-order valence-electron chi connectivity index (χ3n) is 4.57. The third kappa shape index (κ3) is 4.39. The van der Waals surface area contributed by atoms with Crippen molar-refractivity contribution in [2.45, 2.75) is 32.2 Å². The minimum absolute atomic E-state index is 0. The standard InChI is InChI=1S/C20H25N3O.ClH/c1-20(2,3)17-8-6-15(7-9-17)19(24)23-12-11-22-14-18(23)16-5-4-10-21-13-16;/h4-10,13,18,22H,11-12,14H2,1-3H3;1H. The second-order valence-corrected chi connectivity index (χ2v) is 7.33. The fraction of sp³-hybridized carbons (Fsp3) is 0.400. The number of aromatic nitrogens is 1. The molecule has 1 amide bonds. The summed E-state index contributed by atoms with van der Waals surface area (Å²) in [6, 6.07) is 12.0. The maximum absolute atomic E-state index is 13.0. The molecule has 0 spiro atoms. The van der Waals surface area contributed by atoms with Crippen LogP contribution in [0.1, 0.15) is 48.3 Å². The van der Waals surface area contributed by atoms with Gasteiger partial charge < -0.3 is 10.2 Å². The molecule has 0 saturated carbocycles. The number of rotatable bonds is 2. The minimum atomic E-state index is 0. The monoisotopic (exact) mass is 359 g/mol. The number of pyridine rings is 1. The van der Waals surface area contributed by atoms with Crippen molar-refractivity contribution < 1.29 is 4.79 Å². The van der Waals surface area contributed by atoms with Crippen molar-refractivity contribution in [1.29, 1.82) is 0 Å². The van der Waals surface area contributed by atoms with Gasteiger partial charge in [-0.05, 0) is 34.7 Å². The van der Waals surface area contributed by atoms with Crippen molar-refractivity contribution in [3.8, 4) is 0 Å². The van der Waals surface area contributed by atoms with Gasteiger partial charge in [-0.25, -0.2) is 0 Å². The minimum Gasteiger partial charge on any atom is -0.329 e. The number of nitrogens with one attached hydrogen (secondary N) is 1. The largest absolute Gasteiger partial charge is 0.329 e. The number of hydrogen-bond donors (Lipinski definition) is 1. The molecule has 1 aliphatic rings. The molecule has 0 aliphatic carbocycles. The van der Waals surface area contributed by atoms with Crippen LogP contribution < -0.4 is 5.32 Å². The van der Waals surface area contributed by atoms with E-state index < -0.39 is 0 Å². The number of halogens is 1. The Morgan fingerprint density at radius 2 is 1.92 bits per heavy atom. The number of nitrogens with zero attached hydrogens (tertiary/aromatic N) is 2. The number of benzene rings is 1. The first-order chi connectivity index (χ1) is 11.5. The zero-order chi connectivity index (χ0) is 17.2. The highest BCUT2D eigenvalue weighted by molar-refractivity contribution is 5.94. The van der Waals surface area contributed by atoms with E-state index in [0.717, 1.165) is 24.2 Å². The van der Waals surface area contributed by atoms with Crippen LogP contribution in [0.2, 0.25) is 0 Å². The molecule has 1 unspecified atom stereocenters. The molecule has 2 aromatic rings. The summed E-state index contributed by atoms with van der Waals surface area (Å²) in [7, 11) is 0. The summed E-state index contributed by atoms with van der Waals surface area (Å²) in [6.07, 6.45) is 3.61. The van der Waals surface area contributed by atoms with Crippen LogP contribution in [0.4, 0.5) is 0 Å². The van der Waals surface area contributed by atoms with Gasteiger partial charge in [0.25, 0.3) is 5.91 Å². The first-order valence-corrected chi connectivity index (χ1v) is 8.49. The zero-order valence-corrected chi connectivity index (χ0v) is 15.8. The van der Waals surface area contributed by atoms with Crippen molar-refractivity contribution in [1.82, 2.24) is 15.2 Å². The second kappa shape index (κ2) is 7.98. The quantitative estimate of drug-likeness (QED) is 0.891. The van der Waals surface area contributed by atoms with Gasteiger partial charge in [0.15, 0.2) is 0 Å². The summed E-state index contributed by atoms with van der Waals surface area (Å²) in [5.41, 5.74) is 3.15. The molecule has 2 heterocycles. The molecule has 1 aromatic carbocycles. The summed E-state index contributed by atoms with van der Waals surface area (Å²) in [4.78, 5) is 19.2. The van der Waals surface area contributed by atoms with Crippen LogP contribution in [-0.4, -0.2) is 35.4 Å². The summed E-state index contributed by atoms with van der Waals surface area (Å²) in [5.74, 6) is 0.0887. The number of hydrogen-bond acceptors (Lipinski definition) is 3. The predicted octanol–water partition coefficient (Wildman–Crippen LogP) is 3.59. The van der Waals surface area contributed by atoms with Crippen molar-refractivity contribution in [3.63, 3.8) is 0 Å². The average Bonchev–Trinajstić information content (AvgIpc) is 2.61. The molecule has 5 heteroatoms. The average molecular weight is 360 g/mol. The molecule has 1 aliphatic heterocycles. The summed E-state index contributed by atoms with van der Waals surface area (Å²) < 4.78 is 0. The predicted molar refractivity (Wildman–Crippen MR) is 103 cm³/mol. The Balaban J connectivity index is 0.00000225. The molecule has 1 aromatic heterocycles. The van der Waals surface area contributed by atoms with Gasteiger partial charge in [0.2, 0.25) is 0 Å². The molecular weight excluding hydrogens is 334 g/mol. The Morgan fingerprint density at radius 3 is 2.52 bits per heavy atom. The highest BCUT2D eigenvalue weighted by Gasteiger charge is 2.28. The van der Waals surface area contributed by atoms with E-state index in [4.69, 9.17) is 0 Å². The van der Waals surface area contributed by atoms with Crippen molar-refractivity contribution in [2.24, 2.45) is 0 Å². The Hall–Kier alpha value is -1.91. The molecule has 0 radical (unpaired) electrons. The van der Waals surface area contributed by atoms with Gasteiger partial charge in [0, 0.05) is 37.6 Å². The molecule has 0 bridgehead atoms. The number of piperazine rings is 1. The van der Waals surface area contributed by atoms with Crippen molar-refractivity contribution in [3.05, 3.63) is 65.5 Å². The first-order valence-electron chi connectivity index (χ1n) is 8.49. The molecule has 4 nitrogen and oxygen atoms in total. The lowest BCUT2D eigenvalue weighted by molar-refractivity contribution is 0.0634. The highest BCUT2D eigenvalue weighted by Crippen LogP contribution is 2.26. The van der Waals surface area contributed by atoms with E-state index in [0.29, 0.717) is 6.54 Å². The van der Waals surface area contributed by atoms with E-state index >= 15 is 0 Å². The number of carbonyl (C=O) groups is 1. The second-order valence-electron chi connectivity index (χ2n) is 7.33. The van der Waals surface area contributed by atoms with Gasteiger partial charge >= 0.3 is 0 Å². The van der Waals surface area contributed by atoms with Gasteiger partial charge in [0.05, 0.1) is 6.04 Å². The first kappa shape index (κ1) is 19.4. The molecule has 1 N–H and O–H groups in total. The van der Waals surface area contributed by atoms with Crippen LogP contribution in [-0.2, 0) is 5.41 Å². The zero-order valence-electron chi connectivity index (χ0n) is 15.0. The van der Waals surface area contributed by atoms with Crippen molar-refractivity contribution >= 4 is 18.3 Å². The Morgan fingerprint density at radius 1 is 1.20 bits per heavy atom. The molecule has 1 saturated heterocycles. The van der Waals surface area contributed by atoms with E-state index in [1.165, 1.54) is 5.56 Å². The summed E-state index contributed by atoms with van der Waals surface area (Å²) >= 11 is 0. The molecular formula is C20H26ClN3O. The fourth-order valence-corrected chi connectivity index (χ4v) is 3.10. The van der Waals surface area contributed by atoms with Crippen LogP contribution in [0, 0.1) is 0 Å². The third-order valence-corrected chi connectivity index (χ3v) is 4.57. The van der Waals surface area contributed by atoms with Gasteiger partial charge in [0.1, 0.15) is 0 Å². The van der Waals surface area contributed by atoms with Crippen LogP contribution in [0.15, 0.2) is 48.8 Å². The van der Waals surface area contributed by atoms with E-state index in [-0.39, 0.29) is 29.8 Å². The van der Waals surface area contributed by atoms with Gasteiger partial charge in [-0.3, -0.25) is 9.78 Å². The Bertz CT molecular complexity index is 695. The molecule has 134 valence electrons. The maximum atomic E-state index is 13.0.